The Morgan fingerprint density at radius 3 is 2.63 bits per heavy atom. The number of carbonyl (C=O) groups excluding carboxylic acids is 1. The Labute approximate surface area is 215 Å². The highest BCUT2D eigenvalue weighted by Crippen LogP contribution is 2.44. The monoisotopic (exact) mass is 556 g/mol. The zero-order valence-electron chi connectivity index (χ0n) is 21.0. The first kappa shape index (κ1) is 28.1. The number of aromatic nitrogens is 2. The quantitative estimate of drug-likeness (QED) is 0.313. The summed E-state index contributed by atoms with van der Waals surface area (Å²) in [4.78, 5) is 37.6. The van der Waals surface area contributed by atoms with E-state index in [-0.39, 0.29) is 12.3 Å². The minimum atomic E-state index is -4.01. The van der Waals surface area contributed by atoms with E-state index in [2.05, 4.69) is 9.51 Å². The van der Waals surface area contributed by atoms with Gasteiger partial charge in [-0.2, -0.15) is 13.8 Å². The van der Waals surface area contributed by atoms with Crippen LogP contribution in [0.15, 0.2) is 33.6 Å². The van der Waals surface area contributed by atoms with E-state index in [4.69, 9.17) is 13.9 Å². The summed E-state index contributed by atoms with van der Waals surface area (Å²) < 4.78 is 61.7. The summed E-state index contributed by atoms with van der Waals surface area (Å²) in [5.74, 6) is -4.22. The Balaban J connectivity index is 1.41. The average Bonchev–Trinajstić information content (AvgIpc) is 3.33. The maximum atomic E-state index is 14.6. The molecule has 0 bridgehead atoms. The zero-order chi connectivity index (χ0) is 28.0. The summed E-state index contributed by atoms with van der Waals surface area (Å²) in [5, 5.41) is 10.8. The van der Waals surface area contributed by atoms with Gasteiger partial charge < -0.3 is 28.4 Å². The lowest BCUT2D eigenvalue weighted by molar-refractivity contribution is -0.144. The van der Waals surface area contributed by atoms with E-state index in [0.29, 0.717) is 15.9 Å². The topological polar surface area (TPSA) is 150 Å². The third-order valence-electron chi connectivity index (χ3n) is 6.38. The predicted molar refractivity (Wildman–Crippen MR) is 129 cm³/mol. The van der Waals surface area contributed by atoms with Gasteiger partial charge >= 0.3 is 25.2 Å². The van der Waals surface area contributed by atoms with E-state index >= 15 is 0 Å². The van der Waals surface area contributed by atoms with E-state index in [1.165, 1.54) is 6.07 Å². The van der Waals surface area contributed by atoms with Gasteiger partial charge in [0.25, 0.3) is 0 Å². The second-order valence-corrected chi connectivity index (χ2v) is 11.1. The number of nitrogens with zero attached hydrogens (tertiary/aromatic N) is 2. The number of ether oxygens (including phenoxy) is 2. The van der Waals surface area contributed by atoms with Crippen LogP contribution in [0.25, 0.3) is 11.0 Å². The largest absolute Gasteiger partial charge is 0.457 e. The highest BCUT2D eigenvalue weighted by molar-refractivity contribution is 7.51. The van der Waals surface area contributed by atoms with Gasteiger partial charge in [-0.15, -0.1) is 0 Å². The summed E-state index contributed by atoms with van der Waals surface area (Å²) in [7, 11) is -4.01. The molecule has 14 heteroatoms. The number of halogens is 2. The van der Waals surface area contributed by atoms with Crippen LogP contribution in [0.2, 0.25) is 0 Å². The number of esters is 1. The van der Waals surface area contributed by atoms with Gasteiger partial charge in [0.1, 0.15) is 24.1 Å². The van der Waals surface area contributed by atoms with Gasteiger partial charge in [-0.3, -0.25) is 13.9 Å². The molecular formula is C24H27F2N2O9P. The van der Waals surface area contributed by atoms with Crippen molar-refractivity contribution in [2.24, 2.45) is 0 Å². The highest BCUT2D eigenvalue weighted by Gasteiger charge is 2.60. The summed E-state index contributed by atoms with van der Waals surface area (Å²) in [6.07, 6.45) is -5.78. The van der Waals surface area contributed by atoms with Gasteiger partial charge in [0.2, 0.25) is 6.23 Å². The number of fused-ring (bicyclic) bond motifs is 1. The van der Waals surface area contributed by atoms with Crippen molar-refractivity contribution in [3.8, 4) is 0 Å². The smallest absolute Gasteiger partial charge is 0.350 e. The van der Waals surface area contributed by atoms with Gasteiger partial charge in [0.15, 0.2) is 6.10 Å². The molecule has 0 spiro atoms. The predicted octanol–water partition coefficient (Wildman–Crippen LogP) is 2.93. The molecule has 1 aromatic carbocycles. The molecule has 2 aromatic heterocycles. The number of hydrogen-bond acceptors (Lipinski definition) is 9. The Morgan fingerprint density at radius 2 is 1.97 bits per heavy atom. The number of aliphatic hydroxyl groups excluding tert-OH is 1. The number of benzene rings is 1. The van der Waals surface area contributed by atoms with Crippen molar-refractivity contribution < 1.29 is 46.6 Å². The van der Waals surface area contributed by atoms with Crippen LogP contribution < -0.4 is 5.69 Å². The molecule has 1 fully saturated rings. The number of aliphatic hydroxyl groups is 1. The maximum Gasteiger partial charge on any atom is 0.350 e. The Hall–Kier alpha value is -2.96. The van der Waals surface area contributed by atoms with Crippen LogP contribution in [0.1, 0.15) is 34.4 Å². The van der Waals surface area contributed by atoms with Gasteiger partial charge in [0, 0.05) is 18.2 Å². The fourth-order valence-electron chi connectivity index (χ4n) is 4.13. The van der Waals surface area contributed by atoms with Gasteiger partial charge in [-0.1, -0.05) is 0 Å². The van der Waals surface area contributed by atoms with Crippen LogP contribution in [0, 0.1) is 20.8 Å². The lowest BCUT2D eigenvalue weighted by atomic mass is 10.0. The molecular weight excluding hydrogens is 529 g/mol. The normalized spacial score (nSPS) is 22.5. The lowest BCUT2D eigenvalue weighted by Crippen LogP contribution is -2.42. The molecule has 0 amide bonds. The summed E-state index contributed by atoms with van der Waals surface area (Å²) in [6.45, 7) is 5.83. The summed E-state index contributed by atoms with van der Waals surface area (Å²) in [6, 6.07) is 4.92. The van der Waals surface area contributed by atoms with Crippen LogP contribution in [-0.2, 0) is 36.4 Å². The van der Waals surface area contributed by atoms with Crippen LogP contribution in [-0.4, -0.2) is 56.9 Å². The van der Waals surface area contributed by atoms with E-state index in [1.54, 1.807) is 6.07 Å². The summed E-state index contributed by atoms with van der Waals surface area (Å²) >= 11 is 0. The van der Waals surface area contributed by atoms with Crippen molar-refractivity contribution in [1.82, 2.24) is 9.55 Å². The minimum absolute atomic E-state index is 0.0307. The highest BCUT2D eigenvalue weighted by atomic mass is 31.2. The van der Waals surface area contributed by atoms with Crippen molar-refractivity contribution >= 4 is 24.5 Å². The molecule has 3 aromatic rings. The third kappa shape index (κ3) is 5.71. The molecule has 0 saturated carbocycles. The molecule has 4 atom stereocenters. The standard InChI is InChI=1S/C24H27F2N2O9P/c1-12-7-15-8-17(36-20(15)14(3)13(12)2)10-34-19(29)9-16-5-6-28(23(31)27-16)22-24(25,26)21(30)18(37-22)11-35-38(4,32)33/h5-8,18,21-22,30H,9-11H2,1-4H3,(H,32,33)/t18-,21-,22-/m1/s1. The van der Waals surface area contributed by atoms with Gasteiger partial charge in [0.05, 0.1) is 18.7 Å². The lowest BCUT2D eigenvalue weighted by Gasteiger charge is -2.21. The minimum Gasteiger partial charge on any atom is -0.457 e. The number of rotatable bonds is 8. The molecule has 0 aliphatic carbocycles. The van der Waals surface area contributed by atoms with Crippen LogP contribution in [0.5, 0.6) is 0 Å². The van der Waals surface area contributed by atoms with E-state index in [1.807, 2.05) is 26.8 Å². The van der Waals surface area contributed by atoms with Crippen LogP contribution in [0.4, 0.5) is 8.78 Å². The Bertz CT molecular complexity index is 1480. The molecule has 206 valence electrons. The van der Waals surface area contributed by atoms with E-state index < -0.39 is 56.6 Å². The average molecular weight is 556 g/mol. The molecule has 4 rings (SSSR count). The molecule has 1 aliphatic rings. The Kier molecular flexibility index (Phi) is 7.61. The van der Waals surface area contributed by atoms with E-state index in [9.17, 15) is 32.9 Å². The maximum absolute atomic E-state index is 14.6. The van der Waals surface area contributed by atoms with Crippen molar-refractivity contribution in [3.05, 3.63) is 63.0 Å². The number of hydrogen-bond donors (Lipinski definition) is 2. The number of alkyl halides is 2. The molecule has 1 saturated heterocycles. The molecule has 2 N–H and O–H groups in total. The molecule has 1 unspecified atom stereocenters. The number of carbonyl (C=O) groups is 1. The fourth-order valence-corrected chi connectivity index (χ4v) is 4.55. The van der Waals surface area contributed by atoms with E-state index in [0.717, 1.165) is 34.9 Å². The zero-order valence-corrected chi connectivity index (χ0v) is 21.9. The van der Waals surface area contributed by atoms with Gasteiger partial charge in [-0.25, -0.2) is 4.79 Å². The van der Waals surface area contributed by atoms with Crippen molar-refractivity contribution in [2.45, 2.75) is 58.2 Å². The second-order valence-electron chi connectivity index (χ2n) is 9.27. The molecule has 11 nitrogen and oxygen atoms in total. The van der Waals surface area contributed by atoms with Crippen molar-refractivity contribution in [1.29, 1.82) is 0 Å². The number of furan rings is 1. The molecule has 1 aliphatic heterocycles. The third-order valence-corrected chi connectivity index (χ3v) is 7.01. The second kappa shape index (κ2) is 10.3. The van der Waals surface area contributed by atoms with Crippen molar-refractivity contribution in [3.63, 3.8) is 0 Å². The first-order valence-electron chi connectivity index (χ1n) is 11.6. The number of aryl methyl sites for hydroxylation is 2. The first-order valence-corrected chi connectivity index (χ1v) is 13.6. The van der Waals surface area contributed by atoms with Gasteiger partial charge in [-0.05, 0) is 55.7 Å². The molecule has 38 heavy (non-hydrogen) atoms. The SMILES string of the molecule is Cc1cc2cc(COC(=O)Cc3ccn([C@@H]4O[C@H](COP(C)(=O)O)[C@@H](O)C4(F)F)c(=O)n3)oc2c(C)c1C. The Morgan fingerprint density at radius 1 is 1.26 bits per heavy atom. The fraction of sp³-hybridized carbons (Fsp3) is 0.458. The van der Waals surface area contributed by atoms with Crippen LogP contribution in [0.3, 0.4) is 0 Å². The molecule has 3 heterocycles. The first-order chi connectivity index (χ1) is 17.7. The summed E-state index contributed by atoms with van der Waals surface area (Å²) in [5.41, 5.74) is 2.72. The van der Waals surface area contributed by atoms with Crippen molar-refractivity contribution in [2.75, 3.05) is 13.3 Å². The van der Waals surface area contributed by atoms with Crippen LogP contribution >= 0.6 is 7.60 Å². The molecule has 0 radical (unpaired) electrons.